The monoisotopic (exact) mass is 470 g/mol. The summed E-state index contributed by atoms with van der Waals surface area (Å²) >= 11 is 11.2. The van der Waals surface area contributed by atoms with Crippen LogP contribution in [-0.2, 0) is 17.8 Å². The normalized spacial score (nSPS) is 13.1. The highest BCUT2D eigenvalue weighted by atomic mass is 35.5. The molecular formula is C18H16Cl2N4O3S2. The number of nitrogens with zero attached hydrogens (tertiary/aromatic N) is 2. The molecule has 0 aliphatic heterocycles. The Hall–Kier alpha value is -1.88. The van der Waals surface area contributed by atoms with Crippen LogP contribution in [0, 0.1) is 6.92 Å². The SMILES string of the molecule is Cc1ncc(CNC(=O)c2ccc(C(NS(=O)O)c3ccc(Cl)c(Cl)c3)cn2)s1. The van der Waals surface area contributed by atoms with Crippen LogP contribution in [0.25, 0.3) is 0 Å². The van der Waals surface area contributed by atoms with Crippen LogP contribution in [-0.4, -0.2) is 24.6 Å². The van der Waals surface area contributed by atoms with E-state index in [1.165, 1.54) is 17.5 Å². The average Bonchev–Trinajstić information content (AvgIpc) is 3.12. The van der Waals surface area contributed by atoms with Gasteiger partial charge in [-0.2, -0.15) is 0 Å². The van der Waals surface area contributed by atoms with Crippen molar-refractivity contribution in [2.75, 3.05) is 0 Å². The molecule has 2 aromatic heterocycles. The fourth-order valence-electron chi connectivity index (χ4n) is 2.58. The van der Waals surface area contributed by atoms with Crippen molar-refractivity contribution in [3.8, 4) is 0 Å². The van der Waals surface area contributed by atoms with Gasteiger partial charge < -0.3 is 5.32 Å². The number of carbonyl (C=O) groups excluding carboxylic acids is 1. The molecule has 3 rings (SSSR count). The van der Waals surface area contributed by atoms with Gasteiger partial charge in [0.1, 0.15) is 5.69 Å². The molecule has 11 heteroatoms. The van der Waals surface area contributed by atoms with Crippen LogP contribution >= 0.6 is 34.5 Å². The summed E-state index contributed by atoms with van der Waals surface area (Å²) < 4.78 is 23.2. The van der Waals surface area contributed by atoms with Crippen LogP contribution in [0.1, 0.15) is 37.5 Å². The number of amides is 1. The minimum absolute atomic E-state index is 0.230. The molecule has 3 N–H and O–H groups in total. The zero-order valence-electron chi connectivity index (χ0n) is 15.1. The van der Waals surface area contributed by atoms with Gasteiger partial charge in [0.05, 0.1) is 27.6 Å². The third-order valence-corrected chi connectivity index (χ3v) is 6.03. The minimum Gasteiger partial charge on any atom is -0.346 e. The van der Waals surface area contributed by atoms with Crippen molar-refractivity contribution in [3.05, 3.63) is 79.5 Å². The first-order chi connectivity index (χ1) is 13.8. The number of benzene rings is 1. The van der Waals surface area contributed by atoms with E-state index in [1.807, 2.05) is 6.92 Å². The molecule has 0 fully saturated rings. The van der Waals surface area contributed by atoms with E-state index < -0.39 is 17.3 Å². The molecule has 0 aliphatic carbocycles. The summed E-state index contributed by atoms with van der Waals surface area (Å²) in [5.74, 6) is -0.326. The zero-order valence-corrected chi connectivity index (χ0v) is 18.2. The van der Waals surface area contributed by atoms with Crippen molar-refractivity contribution < 1.29 is 13.6 Å². The lowest BCUT2D eigenvalue weighted by atomic mass is 10.0. The molecule has 152 valence electrons. The predicted octanol–water partition coefficient (Wildman–Crippen LogP) is 3.90. The van der Waals surface area contributed by atoms with Gasteiger partial charge in [-0.05, 0) is 36.2 Å². The van der Waals surface area contributed by atoms with Crippen molar-refractivity contribution >= 4 is 51.7 Å². The first-order valence-electron chi connectivity index (χ1n) is 8.31. The Kier molecular flexibility index (Phi) is 7.33. The fourth-order valence-corrected chi connectivity index (χ4v) is 4.09. The molecular weight excluding hydrogens is 455 g/mol. The second-order valence-corrected chi connectivity index (χ2v) is 8.85. The molecule has 2 heterocycles. The van der Waals surface area contributed by atoms with Gasteiger partial charge in [-0.25, -0.2) is 13.9 Å². The van der Waals surface area contributed by atoms with Gasteiger partial charge in [-0.3, -0.25) is 14.3 Å². The van der Waals surface area contributed by atoms with Crippen molar-refractivity contribution in [2.24, 2.45) is 0 Å². The molecule has 0 aliphatic rings. The number of pyridine rings is 1. The van der Waals surface area contributed by atoms with E-state index in [4.69, 9.17) is 23.2 Å². The van der Waals surface area contributed by atoms with Gasteiger partial charge >= 0.3 is 0 Å². The van der Waals surface area contributed by atoms with Crippen LogP contribution in [0.15, 0.2) is 42.7 Å². The maximum atomic E-state index is 12.3. The molecule has 2 unspecified atom stereocenters. The number of nitrogens with one attached hydrogen (secondary N) is 2. The van der Waals surface area contributed by atoms with Gasteiger partial charge in [0.2, 0.25) is 11.3 Å². The Morgan fingerprint density at radius 2 is 1.93 bits per heavy atom. The van der Waals surface area contributed by atoms with E-state index in [2.05, 4.69) is 20.0 Å². The van der Waals surface area contributed by atoms with Gasteiger partial charge in [0.25, 0.3) is 5.91 Å². The minimum atomic E-state index is -2.28. The molecule has 7 nitrogen and oxygen atoms in total. The van der Waals surface area contributed by atoms with Crippen molar-refractivity contribution in [1.29, 1.82) is 0 Å². The summed E-state index contributed by atoms with van der Waals surface area (Å²) in [5, 5.41) is 4.41. The summed E-state index contributed by atoms with van der Waals surface area (Å²) in [6.07, 6.45) is 3.19. The van der Waals surface area contributed by atoms with Crippen LogP contribution in [0.5, 0.6) is 0 Å². The number of hydrogen-bond acceptors (Lipinski definition) is 5. The van der Waals surface area contributed by atoms with Crippen LogP contribution in [0.2, 0.25) is 10.0 Å². The standard InChI is InChI=1S/C18H16Cl2N4O3S2/c1-10-21-8-13(28-10)9-23-18(25)16-5-3-12(7-22-16)17(24-29(26)27)11-2-4-14(19)15(20)6-11/h2-8,17,24H,9H2,1H3,(H,23,25)(H,26,27). The number of aryl methyl sites for hydroxylation is 1. The van der Waals surface area contributed by atoms with E-state index in [0.717, 1.165) is 9.88 Å². The van der Waals surface area contributed by atoms with E-state index in [-0.39, 0.29) is 11.6 Å². The smallest absolute Gasteiger partial charge is 0.270 e. The van der Waals surface area contributed by atoms with E-state index in [0.29, 0.717) is 27.7 Å². The number of carbonyl (C=O) groups is 1. The number of thiazole rings is 1. The molecule has 0 saturated heterocycles. The lowest BCUT2D eigenvalue weighted by Crippen LogP contribution is -2.25. The number of hydrogen-bond donors (Lipinski definition) is 3. The van der Waals surface area contributed by atoms with E-state index in [9.17, 15) is 13.6 Å². The van der Waals surface area contributed by atoms with Gasteiger partial charge in [-0.1, -0.05) is 35.3 Å². The highest BCUT2D eigenvalue weighted by molar-refractivity contribution is 7.77. The second kappa shape index (κ2) is 9.75. The van der Waals surface area contributed by atoms with Gasteiger partial charge in [-0.15, -0.1) is 11.3 Å². The fraction of sp³-hybridized carbons (Fsp3) is 0.167. The van der Waals surface area contributed by atoms with Gasteiger partial charge in [0, 0.05) is 17.3 Å². The van der Waals surface area contributed by atoms with Crippen molar-refractivity contribution in [3.63, 3.8) is 0 Å². The van der Waals surface area contributed by atoms with Gasteiger partial charge in [0.15, 0.2) is 0 Å². The lowest BCUT2D eigenvalue weighted by Gasteiger charge is -2.18. The molecule has 29 heavy (non-hydrogen) atoms. The summed E-state index contributed by atoms with van der Waals surface area (Å²) in [7, 11) is 0. The first kappa shape index (κ1) is 21.8. The Balaban J connectivity index is 1.76. The Morgan fingerprint density at radius 3 is 2.52 bits per heavy atom. The largest absolute Gasteiger partial charge is 0.346 e. The maximum absolute atomic E-state index is 12.3. The molecule has 0 spiro atoms. The summed E-state index contributed by atoms with van der Waals surface area (Å²) in [4.78, 5) is 21.6. The Labute approximate surface area is 183 Å². The molecule has 1 aromatic carbocycles. The Bertz CT molecular complexity index is 1040. The Morgan fingerprint density at radius 1 is 1.17 bits per heavy atom. The van der Waals surface area contributed by atoms with E-state index in [1.54, 1.807) is 36.5 Å². The maximum Gasteiger partial charge on any atom is 0.270 e. The molecule has 1 amide bonds. The van der Waals surface area contributed by atoms with Crippen LogP contribution < -0.4 is 10.0 Å². The van der Waals surface area contributed by atoms with Crippen molar-refractivity contribution in [2.45, 2.75) is 19.5 Å². The molecule has 0 saturated carbocycles. The van der Waals surface area contributed by atoms with Crippen molar-refractivity contribution in [1.82, 2.24) is 20.0 Å². The third kappa shape index (κ3) is 5.81. The molecule has 2 atom stereocenters. The summed E-state index contributed by atoms with van der Waals surface area (Å²) in [6, 6.07) is 7.44. The predicted molar refractivity (Wildman–Crippen MR) is 114 cm³/mol. The zero-order chi connectivity index (χ0) is 21.0. The summed E-state index contributed by atoms with van der Waals surface area (Å²) in [6.45, 7) is 2.26. The topological polar surface area (TPSA) is 104 Å². The number of rotatable bonds is 7. The van der Waals surface area contributed by atoms with Crippen LogP contribution in [0.3, 0.4) is 0 Å². The molecule has 0 bridgehead atoms. The molecule has 0 radical (unpaired) electrons. The number of aromatic nitrogens is 2. The second-order valence-electron chi connectivity index (χ2n) is 5.98. The average molecular weight is 471 g/mol. The number of halogens is 2. The summed E-state index contributed by atoms with van der Waals surface area (Å²) in [5.41, 5.74) is 1.44. The highest BCUT2D eigenvalue weighted by Gasteiger charge is 2.18. The highest BCUT2D eigenvalue weighted by Crippen LogP contribution is 2.29. The molecule has 3 aromatic rings. The third-order valence-electron chi connectivity index (χ3n) is 3.94. The van der Waals surface area contributed by atoms with E-state index >= 15 is 0 Å². The first-order valence-corrected chi connectivity index (χ1v) is 11.0. The lowest BCUT2D eigenvalue weighted by molar-refractivity contribution is 0.0946. The quantitative estimate of drug-likeness (QED) is 0.454. The van der Waals surface area contributed by atoms with Crippen LogP contribution in [0.4, 0.5) is 0 Å².